The summed E-state index contributed by atoms with van der Waals surface area (Å²) in [4.78, 5) is 8.12. The van der Waals surface area contributed by atoms with Gasteiger partial charge in [-0.05, 0) is 18.2 Å². The van der Waals surface area contributed by atoms with Crippen molar-refractivity contribution in [2.24, 2.45) is 0 Å². The van der Waals surface area contributed by atoms with Gasteiger partial charge in [0, 0.05) is 38.1 Å². The molecule has 0 fully saturated rings. The first-order valence-corrected chi connectivity index (χ1v) is 8.12. The Hall–Kier alpha value is -1.70. The Kier molecular flexibility index (Phi) is 5.11. The van der Waals surface area contributed by atoms with E-state index in [-0.39, 0.29) is 16.5 Å². The number of sulfonamides is 1. The van der Waals surface area contributed by atoms with E-state index in [1.165, 1.54) is 12.3 Å². The average molecular weight is 327 g/mol. The van der Waals surface area contributed by atoms with Crippen molar-refractivity contribution in [3.05, 3.63) is 47.4 Å². The van der Waals surface area contributed by atoms with Crippen LogP contribution >= 0.6 is 11.6 Å². The molecular formula is C13H15ClN4O2S. The fourth-order valence-electron chi connectivity index (χ4n) is 1.69. The highest BCUT2D eigenvalue weighted by molar-refractivity contribution is 7.89. The molecule has 0 saturated carbocycles. The Morgan fingerprint density at radius 3 is 2.71 bits per heavy atom. The van der Waals surface area contributed by atoms with Crippen molar-refractivity contribution in [1.82, 2.24) is 14.7 Å². The number of pyridine rings is 2. The van der Waals surface area contributed by atoms with Crippen LogP contribution in [0.25, 0.3) is 0 Å². The normalized spacial score (nSPS) is 11.3. The minimum atomic E-state index is -3.63. The number of anilines is 1. The van der Waals surface area contributed by atoms with Gasteiger partial charge >= 0.3 is 0 Å². The maximum Gasteiger partial charge on any atom is 0.242 e. The maximum atomic E-state index is 12.1. The molecule has 0 aliphatic heterocycles. The molecule has 112 valence electrons. The summed E-state index contributed by atoms with van der Waals surface area (Å²) >= 11 is 5.94. The molecule has 0 aromatic carbocycles. The van der Waals surface area contributed by atoms with Gasteiger partial charge in [-0.25, -0.2) is 18.1 Å². The van der Waals surface area contributed by atoms with Gasteiger partial charge in [-0.2, -0.15) is 0 Å². The molecular weight excluding hydrogens is 312 g/mol. The summed E-state index contributed by atoms with van der Waals surface area (Å²) in [6.07, 6.45) is 3.45. The third-order valence-corrected chi connectivity index (χ3v) is 4.48. The molecule has 0 atom stereocenters. The number of rotatable bonds is 6. The molecule has 21 heavy (non-hydrogen) atoms. The van der Waals surface area contributed by atoms with Gasteiger partial charge in [0.05, 0.1) is 5.02 Å². The summed E-state index contributed by atoms with van der Waals surface area (Å²) in [5.74, 6) is 0.434. The zero-order valence-electron chi connectivity index (χ0n) is 11.4. The lowest BCUT2D eigenvalue weighted by Gasteiger charge is -2.08. The molecule has 0 amide bonds. The van der Waals surface area contributed by atoms with Gasteiger partial charge in [-0.1, -0.05) is 17.7 Å². The van der Waals surface area contributed by atoms with Crippen LogP contribution in [0.5, 0.6) is 0 Å². The number of hydrogen-bond acceptors (Lipinski definition) is 5. The van der Waals surface area contributed by atoms with Crippen molar-refractivity contribution >= 4 is 27.4 Å². The Morgan fingerprint density at radius 1 is 1.29 bits per heavy atom. The van der Waals surface area contributed by atoms with Crippen molar-refractivity contribution in [3.63, 3.8) is 0 Å². The molecule has 0 saturated heterocycles. The summed E-state index contributed by atoms with van der Waals surface area (Å²) in [5.41, 5.74) is 0.821. The lowest BCUT2D eigenvalue weighted by molar-refractivity contribution is 0.581. The summed E-state index contributed by atoms with van der Waals surface area (Å²) in [5, 5.41) is 3.03. The topological polar surface area (TPSA) is 84.0 Å². The summed E-state index contributed by atoms with van der Waals surface area (Å²) in [6.45, 7) is 0.255. The molecule has 2 rings (SSSR count). The van der Waals surface area contributed by atoms with E-state index in [0.29, 0.717) is 12.2 Å². The van der Waals surface area contributed by atoms with Crippen LogP contribution in [0.1, 0.15) is 5.69 Å². The predicted molar refractivity (Wildman–Crippen MR) is 81.9 cm³/mol. The van der Waals surface area contributed by atoms with E-state index >= 15 is 0 Å². The highest BCUT2D eigenvalue weighted by Crippen LogP contribution is 2.21. The van der Waals surface area contributed by atoms with E-state index in [1.807, 2.05) is 18.2 Å². The molecule has 0 aliphatic rings. The highest BCUT2D eigenvalue weighted by Gasteiger charge is 2.16. The predicted octanol–water partition coefficient (Wildman–Crippen LogP) is 1.69. The molecule has 0 unspecified atom stereocenters. The standard InChI is InChI=1S/C13H15ClN4O2S/c1-15-13-12(14)8-11(9-17-13)21(19,20)18-7-5-10-4-2-3-6-16-10/h2-4,6,8-9,18H,5,7H2,1H3,(H,15,17). The summed E-state index contributed by atoms with van der Waals surface area (Å²) in [6, 6.07) is 6.87. The minimum absolute atomic E-state index is 0.0347. The summed E-state index contributed by atoms with van der Waals surface area (Å²) < 4.78 is 26.7. The van der Waals surface area contributed by atoms with Gasteiger partial charge in [0.2, 0.25) is 10.0 Å². The average Bonchev–Trinajstić information content (AvgIpc) is 2.48. The van der Waals surface area contributed by atoms with Crippen LogP contribution in [0.4, 0.5) is 5.82 Å². The van der Waals surface area contributed by atoms with Gasteiger partial charge in [-0.3, -0.25) is 4.98 Å². The van der Waals surface area contributed by atoms with Crippen LogP contribution in [0.2, 0.25) is 5.02 Å². The fourth-order valence-corrected chi connectivity index (χ4v) is 3.02. The van der Waals surface area contributed by atoms with Gasteiger partial charge < -0.3 is 5.32 Å². The molecule has 6 nitrogen and oxygen atoms in total. The van der Waals surface area contributed by atoms with Crippen LogP contribution < -0.4 is 10.0 Å². The third kappa shape index (κ3) is 4.13. The smallest absolute Gasteiger partial charge is 0.242 e. The molecule has 2 N–H and O–H groups in total. The molecule has 0 bridgehead atoms. The summed E-state index contributed by atoms with van der Waals surface area (Å²) in [7, 11) is -1.97. The van der Waals surface area contributed by atoms with E-state index in [0.717, 1.165) is 5.69 Å². The second kappa shape index (κ2) is 6.84. The number of aromatic nitrogens is 2. The monoisotopic (exact) mass is 326 g/mol. The number of nitrogens with one attached hydrogen (secondary N) is 2. The van der Waals surface area contributed by atoms with E-state index in [4.69, 9.17) is 11.6 Å². The van der Waals surface area contributed by atoms with Crippen molar-refractivity contribution in [3.8, 4) is 0 Å². The van der Waals surface area contributed by atoms with E-state index in [1.54, 1.807) is 13.2 Å². The quantitative estimate of drug-likeness (QED) is 0.844. The van der Waals surface area contributed by atoms with Crippen molar-refractivity contribution in [2.75, 3.05) is 18.9 Å². The molecule has 8 heteroatoms. The Labute approximate surface area is 128 Å². The largest absolute Gasteiger partial charge is 0.372 e. The first-order valence-electron chi connectivity index (χ1n) is 6.26. The van der Waals surface area contributed by atoms with Crippen molar-refractivity contribution < 1.29 is 8.42 Å². The molecule has 0 aliphatic carbocycles. The Morgan fingerprint density at radius 2 is 2.10 bits per heavy atom. The number of hydrogen-bond donors (Lipinski definition) is 2. The molecule has 2 aromatic rings. The maximum absolute atomic E-state index is 12.1. The van der Waals surface area contributed by atoms with Crippen molar-refractivity contribution in [2.45, 2.75) is 11.3 Å². The zero-order valence-corrected chi connectivity index (χ0v) is 12.9. The highest BCUT2D eigenvalue weighted by atomic mass is 35.5. The van der Waals surface area contributed by atoms with Gasteiger partial charge in [0.1, 0.15) is 10.7 Å². The number of halogens is 1. The van der Waals surface area contributed by atoms with E-state index < -0.39 is 10.0 Å². The third-order valence-electron chi connectivity index (χ3n) is 2.76. The Bertz CT molecular complexity index is 707. The molecule has 2 heterocycles. The van der Waals surface area contributed by atoms with Crippen LogP contribution in [-0.2, 0) is 16.4 Å². The lowest BCUT2D eigenvalue weighted by Crippen LogP contribution is -2.26. The van der Waals surface area contributed by atoms with E-state index in [9.17, 15) is 8.42 Å². The first-order chi connectivity index (χ1) is 10.0. The van der Waals surface area contributed by atoms with Gasteiger partial charge in [0.15, 0.2) is 0 Å². The second-order valence-electron chi connectivity index (χ2n) is 4.22. The van der Waals surface area contributed by atoms with Crippen LogP contribution in [0.15, 0.2) is 41.6 Å². The van der Waals surface area contributed by atoms with Gasteiger partial charge in [-0.15, -0.1) is 0 Å². The second-order valence-corrected chi connectivity index (χ2v) is 6.39. The SMILES string of the molecule is CNc1ncc(S(=O)(=O)NCCc2ccccn2)cc1Cl. The molecule has 0 radical (unpaired) electrons. The Balaban J connectivity index is 2.03. The van der Waals surface area contributed by atoms with Crippen LogP contribution in [-0.4, -0.2) is 32.0 Å². The van der Waals surface area contributed by atoms with Gasteiger partial charge in [0.25, 0.3) is 0 Å². The minimum Gasteiger partial charge on any atom is -0.372 e. The van der Waals surface area contributed by atoms with E-state index in [2.05, 4.69) is 20.0 Å². The number of nitrogens with zero attached hydrogens (tertiary/aromatic N) is 2. The molecule has 2 aromatic heterocycles. The van der Waals surface area contributed by atoms with Crippen LogP contribution in [0.3, 0.4) is 0 Å². The fraction of sp³-hybridized carbons (Fsp3) is 0.231. The van der Waals surface area contributed by atoms with Crippen LogP contribution in [0, 0.1) is 0 Å². The first kappa shape index (κ1) is 15.7. The lowest BCUT2D eigenvalue weighted by atomic mass is 10.3. The molecule has 0 spiro atoms. The van der Waals surface area contributed by atoms with Crippen molar-refractivity contribution in [1.29, 1.82) is 0 Å². The zero-order chi connectivity index (χ0) is 15.3.